The molecule has 1 aliphatic heterocycles. The van der Waals surface area contributed by atoms with E-state index in [4.69, 9.17) is 21.1 Å². The number of halogens is 2. The van der Waals surface area contributed by atoms with Gasteiger partial charge in [0.05, 0.1) is 10.6 Å². The second-order valence-corrected chi connectivity index (χ2v) is 5.68. The van der Waals surface area contributed by atoms with Crippen LogP contribution in [0.1, 0.15) is 10.4 Å². The first kappa shape index (κ1) is 14.2. The van der Waals surface area contributed by atoms with Crippen molar-refractivity contribution in [2.75, 3.05) is 18.5 Å². The molecule has 21 heavy (non-hydrogen) atoms. The van der Waals surface area contributed by atoms with Crippen LogP contribution in [0.5, 0.6) is 11.5 Å². The van der Waals surface area contributed by atoms with E-state index < -0.39 is 0 Å². The topological polar surface area (TPSA) is 47.6 Å². The molecule has 0 spiro atoms. The predicted octanol–water partition coefficient (Wildman–Crippen LogP) is 4.13. The summed E-state index contributed by atoms with van der Waals surface area (Å²) in [6, 6.07) is 10.5. The minimum absolute atomic E-state index is 0.227. The minimum atomic E-state index is -0.227. The van der Waals surface area contributed by atoms with Crippen LogP contribution in [-0.4, -0.2) is 19.1 Å². The fourth-order valence-electron chi connectivity index (χ4n) is 2.03. The minimum Gasteiger partial charge on any atom is -0.486 e. The lowest BCUT2D eigenvalue weighted by atomic mass is 10.2. The molecule has 2 aromatic rings. The maximum atomic E-state index is 12.3. The first-order chi connectivity index (χ1) is 10.1. The molecule has 0 fully saturated rings. The van der Waals surface area contributed by atoms with Crippen LogP contribution in [0.3, 0.4) is 0 Å². The normalized spacial score (nSPS) is 12.9. The summed E-state index contributed by atoms with van der Waals surface area (Å²) in [7, 11) is 0. The van der Waals surface area contributed by atoms with Gasteiger partial charge in [-0.3, -0.25) is 4.79 Å². The van der Waals surface area contributed by atoms with Crippen LogP contribution in [0.15, 0.2) is 40.9 Å². The third-order valence-electron chi connectivity index (χ3n) is 2.97. The van der Waals surface area contributed by atoms with E-state index in [1.54, 1.807) is 24.3 Å². The van der Waals surface area contributed by atoms with Crippen LogP contribution in [-0.2, 0) is 0 Å². The quantitative estimate of drug-likeness (QED) is 0.867. The van der Waals surface area contributed by atoms with Gasteiger partial charge in [-0.05, 0) is 34.1 Å². The van der Waals surface area contributed by atoms with Gasteiger partial charge in [0.25, 0.3) is 5.91 Å². The van der Waals surface area contributed by atoms with E-state index in [1.165, 1.54) is 0 Å². The van der Waals surface area contributed by atoms with Crippen molar-refractivity contribution in [3.8, 4) is 11.5 Å². The highest BCUT2D eigenvalue weighted by Gasteiger charge is 2.18. The number of carbonyl (C=O) groups is 1. The third-order valence-corrected chi connectivity index (χ3v) is 3.95. The number of hydrogen-bond donors (Lipinski definition) is 1. The second kappa shape index (κ2) is 5.95. The Bertz CT molecular complexity index is 705. The number of nitrogens with one attached hydrogen (secondary N) is 1. The molecule has 0 unspecified atom stereocenters. The molecule has 2 aromatic carbocycles. The highest BCUT2D eigenvalue weighted by Crippen LogP contribution is 2.40. The molecule has 6 heteroatoms. The average Bonchev–Trinajstić information content (AvgIpc) is 2.47. The second-order valence-electron chi connectivity index (χ2n) is 4.42. The number of anilines is 1. The molecule has 1 amide bonds. The first-order valence-electron chi connectivity index (χ1n) is 6.30. The molecule has 0 saturated carbocycles. The number of hydrogen-bond acceptors (Lipinski definition) is 3. The van der Waals surface area contributed by atoms with Crippen molar-refractivity contribution in [1.29, 1.82) is 0 Å². The lowest BCUT2D eigenvalue weighted by Crippen LogP contribution is -2.17. The summed E-state index contributed by atoms with van der Waals surface area (Å²) >= 11 is 9.50. The van der Waals surface area contributed by atoms with Crippen molar-refractivity contribution in [1.82, 2.24) is 0 Å². The summed E-state index contributed by atoms with van der Waals surface area (Å²) in [5.41, 5.74) is 1.11. The number of carbonyl (C=O) groups excluding carboxylic acids is 1. The summed E-state index contributed by atoms with van der Waals surface area (Å²) in [4.78, 5) is 12.3. The van der Waals surface area contributed by atoms with Gasteiger partial charge in [-0.1, -0.05) is 23.7 Å². The Labute approximate surface area is 135 Å². The van der Waals surface area contributed by atoms with E-state index in [2.05, 4.69) is 21.2 Å². The Morgan fingerprint density at radius 3 is 2.76 bits per heavy atom. The van der Waals surface area contributed by atoms with Gasteiger partial charge in [-0.25, -0.2) is 0 Å². The molecule has 1 aliphatic rings. The fraction of sp³-hybridized carbons (Fsp3) is 0.133. The van der Waals surface area contributed by atoms with Crippen LogP contribution in [0.2, 0.25) is 5.02 Å². The molecular formula is C15H11BrClNO3. The largest absolute Gasteiger partial charge is 0.486 e. The van der Waals surface area contributed by atoms with Crippen LogP contribution in [0.4, 0.5) is 5.69 Å². The summed E-state index contributed by atoms with van der Waals surface area (Å²) < 4.78 is 11.7. The molecule has 1 heterocycles. The smallest absolute Gasteiger partial charge is 0.256 e. The molecule has 108 valence electrons. The molecule has 0 radical (unpaired) electrons. The van der Waals surface area contributed by atoms with Gasteiger partial charge in [0.15, 0.2) is 11.5 Å². The van der Waals surface area contributed by atoms with Gasteiger partial charge >= 0.3 is 0 Å². The van der Waals surface area contributed by atoms with E-state index in [0.717, 1.165) is 4.47 Å². The molecule has 0 aliphatic carbocycles. The standard InChI is InChI=1S/C15H11BrClNO3/c16-11-4-2-1-3-10(11)15(19)18-9-7-12(17)14-13(8-9)20-5-6-21-14/h1-4,7-8H,5-6H2,(H,18,19). The van der Waals surface area contributed by atoms with Gasteiger partial charge in [0.1, 0.15) is 13.2 Å². The van der Waals surface area contributed by atoms with Gasteiger partial charge in [-0.15, -0.1) is 0 Å². The first-order valence-corrected chi connectivity index (χ1v) is 7.47. The molecule has 0 atom stereocenters. The lowest BCUT2D eigenvalue weighted by Gasteiger charge is -2.20. The van der Waals surface area contributed by atoms with Crippen LogP contribution < -0.4 is 14.8 Å². The molecule has 0 saturated heterocycles. The lowest BCUT2D eigenvalue weighted by molar-refractivity contribution is 0.102. The van der Waals surface area contributed by atoms with E-state index in [9.17, 15) is 4.79 Å². The SMILES string of the molecule is O=C(Nc1cc(Cl)c2c(c1)OCCO2)c1ccccc1Br. The Morgan fingerprint density at radius 2 is 1.95 bits per heavy atom. The molecule has 0 bridgehead atoms. The van der Waals surface area contributed by atoms with Gasteiger partial charge < -0.3 is 14.8 Å². The molecule has 1 N–H and O–H groups in total. The Balaban J connectivity index is 1.87. The highest BCUT2D eigenvalue weighted by molar-refractivity contribution is 9.10. The highest BCUT2D eigenvalue weighted by atomic mass is 79.9. The van der Waals surface area contributed by atoms with Gasteiger partial charge in [0.2, 0.25) is 0 Å². The van der Waals surface area contributed by atoms with Crippen molar-refractivity contribution < 1.29 is 14.3 Å². The molecular weight excluding hydrogens is 358 g/mol. The number of benzene rings is 2. The maximum Gasteiger partial charge on any atom is 0.256 e. The van der Waals surface area contributed by atoms with Crippen LogP contribution in [0, 0.1) is 0 Å². The zero-order valence-corrected chi connectivity index (χ0v) is 13.2. The van der Waals surface area contributed by atoms with Crippen molar-refractivity contribution in [3.05, 3.63) is 51.5 Å². The number of ether oxygens (including phenoxy) is 2. The molecule has 4 nitrogen and oxygen atoms in total. The fourth-order valence-corrected chi connectivity index (χ4v) is 2.76. The van der Waals surface area contributed by atoms with E-state index in [-0.39, 0.29) is 5.91 Å². The zero-order valence-electron chi connectivity index (χ0n) is 10.9. The molecule has 3 rings (SSSR count). The van der Waals surface area contributed by atoms with Crippen LogP contribution >= 0.6 is 27.5 Å². The summed E-state index contributed by atoms with van der Waals surface area (Å²) in [5.74, 6) is 0.827. The number of amides is 1. The van der Waals surface area contributed by atoms with E-state index in [0.29, 0.717) is 41.0 Å². The Morgan fingerprint density at radius 1 is 1.19 bits per heavy atom. The summed E-state index contributed by atoms with van der Waals surface area (Å²) in [6.07, 6.45) is 0. The van der Waals surface area contributed by atoms with Crippen molar-refractivity contribution in [2.45, 2.75) is 0 Å². The zero-order chi connectivity index (χ0) is 14.8. The monoisotopic (exact) mass is 367 g/mol. The predicted molar refractivity (Wildman–Crippen MR) is 84.5 cm³/mol. The third kappa shape index (κ3) is 2.99. The summed E-state index contributed by atoms with van der Waals surface area (Å²) in [6.45, 7) is 0.931. The van der Waals surface area contributed by atoms with Crippen molar-refractivity contribution >= 4 is 39.1 Å². The van der Waals surface area contributed by atoms with Crippen molar-refractivity contribution in [3.63, 3.8) is 0 Å². The Hall–Kier alpha value is -1.72. The van der Waals surface area contributed by atoms with E-state index in [1.807, 2.05) is 12.1 Å². The van der Waals surface area contributed by atoms with Crippen LogP contribution in [0.25, 0.3) is 0 Å². The van der Waals surface area contributed by atoms with Crippen molar-refractivity contribution in [2.24, 2.45) is 0 Å². The summed E-state index contributed by atoms with van der Waals surface area (Å²) in [5, 5.41) is 3.21. The van der Waals surface area contributed by atoms with E-state index >= 15 is 0 Å². The van der Waals surface area contributed by atoms with Gasteiger partial charge in [0, 0.05) is 16.2 Å². The van der Waals surface area contributed by atoms with Gasteiger partial charge in [-0.2, -0.15) is 0 Å². The average molecular weight is 369 g/mol. The number of rotatable bonds is 2. The Kier molecular flexibility index (Phi) is 4.03. The number of fused-ring (bicyclic) bond motifs is 1. The maximum absolute atomic E-state index is 12.3. The molecule has 0 aromatic heterocycles.